The van der Waals surface area contributed by atoms with Crippen molar-refractivity contribution in [1.82, 2.24) is 0 Å². The zero-order chi connectivity index (χ0) is 12.7. The molecule has 0 radical (unpaired) electrons. The van der Waals surface area contributed by atoms with Gasteiger partial charge in [0.25, 0.3) is 0 Å². The number of imide groups is 1. The summed E-state index contributed by atoms with van der Waals surface area (Å²) in [5, 5.41) is 3.27. The molecule has 1 aliphatic heterocycles. The van der Waals surface area contributed by atoms with Crippen molar-refractivity contribution in [2.75, 3.05) is 16.8 Å². The first-order chi connectivity index (χ1) is 8.68. The Morgan fingerprint density at radius 1 is 1.33 bits per heavy atom. The summed E-state index contributed by atoms with van der Waals surface area (Å²) in [5.41, 5.74) is 2.85. The van der Waals surface area contributed by atoms with Crippen molar-refractivity contribution in [3.63, 3.8) is 0 Å². The van der Waals surface area contributed by atoms with Crippen molar-refractivity contribution >= 4 is 23.2 Å². The smallest absolute Gasteiger partial charge is 0.236 e. The number of rotatable bonds is 2. The van der Waals surface area contributed by atoms with Crippen LogP contribution in [-0.2, 0) is 16.0 Å². The van der Waals surface area contributed by atoms with Gasteiger partial charge in [0.05, 0.1) is 11.4 Å². The molecule has 1 heterocycles. The SMILES string of the molecule is CC(=O)N(C(=O)C1CC1)c1cccc2c1NCC2. The van der Waals surface area contributed by atoms with Crippen LogP contribution in [0.15, 0.2) is 18.2 Å². The standard InChI is InChI=1S/C14H16N2O2/c1-9(17)16(14(18)11-5-6-11)12-4-2-3-10-7-8-15-13(10)12/h2-4,11,15H,5-8H2,1H3. The van der Waals surface area contributed by atoms with E-state index in [9.17, 15) is 9.59 Å². The highest BCUT2D eigenvalue weighted by Crippen LogP contribution is 2.38. The molecule has 0 spiro atoms. The van der Waals surface area contributed by atoms with E-state index >= 15 is 0 Å². The quantitative estimate of drug-likeness (QED) is 0.865. The van der Waals surface area contributed by atoms with Crippen LogP contribution in [0.5, 0.6) is 0 Å². The molecular weight excluding hydrogens is 228 g/mol. The van der Waals surface area contributed by atoms with Crippen LogP contribution in [0.2, 0.25) is 0 Å². The topological polar surface area (TPSA) is 49.4 Å². The maximum absolute atomic E-state index is 12.2. The molecule has 2 aliphatic rings. The molecule has 0 saturated heterocycles. The van der Waals surface area contributed by atoms with E-state index < -0.39 is 0 Å². The lowest BCUT2D eigenvalue weighted by Gasteiger charge is -2.22. The normalized spacial score (nSPS) is 16.9. The number of hydrogen-bond acceptors (Lipinski definition) is 3. The summed E-state index contributed by atoms with van der Waals surface area (Å²) in [7, 11) is 0. The molecule has 0 unspecified atom stereocenters. The molecule has 3 rings (SSSR count). The molecule has 1 N–H and O–H groups in total. The average Bonchev–Trinajstić information content (AvgIpc) is 3.07. The van der Waals surface area contributed by atoms with Crippen LogP contribution in [0, 0.1) is 5.92 Å². The van der Waals surface area contributed by atoms with Crippen molar-refractivity contribution in [3.05, 3.63) is 23.8 Å². The molecule has 0 atom stereocenters. The Balaban J connectivity index is 2.02. The molecule has 1 aromatic rings. The molecular formula is C14H16N2O2. The summed E-state index contributed by atoms with van der Waals surface area (Å²) in [6, 6.07) is 5.80. The average molecular weight is 244 g/mol. The Labute approximate surface area is 106 Å². The summed E-state index contributed by atoms with van der Waals surface area (Å²) in [6.07, 6.45) is 2.77. The number of para-hydroxylation sites is 1. The molecule has 1 aromatic carbocycles. The molecule has 0 aromatic heterocycles. The van der Waals surface area contributed by atoms with Gasteiger partial charge in [-0.05, 0) is 30.9 Å². The summed E-state index contributed by atoms with van der Waals surface area (Å²) in [5.74, 6) is -0.204. The summed E-state index contributed by atoms with van der Waals surface area (Å²) >= 11 is 0. The molecule has 18 heavy (non-hydrogen) atoms. The minimum atomic E-state index is -0.200. The third kappa shape index (κ3) is 1.78. The molecule has 1 saturated carbocycles. The van der Waals surface area contributed by atoms with E-state index in [0.29, 0.717) is 0 Å². The maximum atomic E-state index is 12.2. The largest absolute Gasteiger partial charge is 0.383 e. The zero-order valence-electron chi connectivity index (χ0n) is 10.4. The molecule has 1 fully saturated rings. The third-order valence-electron chi connectivity index (χ3n) is 3.53. The van der Waals surface area contributed by atoms with Gasteiger partial charge in [0.15, 0.2) is 0 Å². The molecule has 94 valence electrons. The molecule has 0 bridgehead atoms. The molecule has 2 amide bonds. The van der Waals surface area contributed by atoms with Gasteiger partial charge in [0.1, 0.15) is 0 Å². The molecule has 4 nitrogen and oxygen atoms in total. The van der Waals surface area contributed by atoms with Crippen molar-refractivity contribution in [2.45, 2.75) is 26.2 Å². The number of nitrogens with one attached hydrogen (secondary N) is 1. The van der Waals surface area contributed by atoms with Crippen LogP contribution in [0.25, 0.3) is 0 Å². The van der Waals surface area contributed by atoms with E-state index in [-0.39, 0.29) is 17.7 Å². The van der Waals surface area contributed by atoms with Gasteiger partial charge in [-0.3, -0.25) is 9.59 Å². The fourth-order valence-corrected chi connectivity index (χ4v) is 2.46. The highest BCUT2D eigenvalue weighted by Gasteiger charge is 2.37. The fourth-order valence-electron chi connectivity index (χ4n) is 2.46. The summed E-state index contributed by atoms with van der Waals surface area (Å²) in [6.45, 7) is 2.32. The fraction of sp³-hybridized carbons (Fsp3) is 0.429. The number of benzene rings is 1. The van der Waals surface area contributed by atoms with E-state index in [0.717, 1.165) is 37.2 Å². The van der Waals surface area contributed by atoms with Gasteiger partial charge < -0.3 is 5.32 Å². The highest BCUT2D eigenvalue weighted by atomic mass is 16.2. The van der Waals surface area contributed by atoms with Gasteiger partial charge in [-0.1, -0.05) is 12.1 Å². The van der Waals surface area contributed by atoms with Gasteiger partial charge in [-0.15, -0.1) is 0 Å². The van der Waals surface area contributed by atoms with E-state index in [2.05, 4.69) is 5.32 Å². The number of hydrogen-bond donors (Lipinski definition) is 1. The lowest BCUT2D eigenvalue weighted by atomic mass is 10.1. The Morgan fingerprint density at radius 3 is 2.78 bits per heavy atom. The van der Waals surface area contributed by atoms with Gasteiger partial charge in [0.2, 0.25) is 11.8 Å². The first-order valence-electron chi connectivity index (χ1n) is 6.39. The first kappa shape index (κ1) is 11.3. The van der Waals surface area contributed by atoms with Gasteiger partial charge in [-0.2, -0.15) is 0 Å². The number of nitrogens with zero attached hydrogens (tertiary/aromatic N) is 1. The van der Waals surface area contributed by atoms with Crippen molar-refractivity contribution < 1.29 is 9.59 Å². The van der Waals surface area contributed by atoms with Crippen LogP contribution in [0.3, 0.4) is 0 Å². The second kappa shape index (κ2) is 4.12. The van der Waals surface area contributed by atoms with Crippen molar-refractivity contribution in [3.8, 4) is 0 Å². The van der Waals surface area contributed by atoms with Crippen LogP contribution < -0.4 is 10.2 Å². The van der Waals surface area contributed by atoms with E-state index in [1.54, 1.807) is 0 Å². The third-order valence-corrected chi connectivity index (χ3v) is 3.53. The van der Waals surface area contributed by atoms with E-state index in [1.165, 1.54) is 17.4 Å². The molecule has 4 heteroatoms. The number of anilines is 2. The van der Waals surface area contributed by atoms with Gasteiger partial charge in [-0.25, -0.2) is 4.90 Å². The second-order valence-electron chi connectivity index (χ2n) is 4.95. The number of carbonyl (C=O) groups is 2. The number of carbonyl (C=O) groups excluding carboxylic acids is 2. The predicted octanol–water partition coefficient (Wildman–Crippen LogP) is 1.94. The van der Waals surface area contributed by atoms with Crippen LogP contribution in [0.1, 0.15) is 25.3 Å². The minimum absolute atomic E-state index is 0.0474. The Kier molecular flexibility index (Phi) is 2.58. The number of amides is 2. The van der Waals surface area contributed by atoms with Crippen LogP contribution in [0.4, 0.5) is 11.4 Å². The maximum Gasteiger partial charge on any atom is 0.236 e. The van der Waals surface area contributed by atoms with E-state index in [4.69, 9.17) is 0 Å². The summed E-state index contributed by atoms with van der Waals surface area (Å²) in [4.78, 5) is 25.4. The zero-order valence-corrected chi connectivity index (χ0v) is 10.4. The lowest BCUT2D eigenvalue weighted by molar-refractivity contribution is -0.126. The Bertz CT molecular complexity index is 521. The monoisotopic (exact) mass is 244 g/mol. The number of fused-ring (bicyclic) bond motifs is 1. The van der Waals surface area contributed by atoms with Gasteiger partial charge in [0, 0.05) is 19.4 Å². The Morgan fingerprint density at radius 2 is 2.11 bits per heavy atom. The van der Waals surface area contributed by atoms with Crippen LogP contribution >= 0.6 is 0 Å². The van der Waals surface area contributed by atoms with E-state index in [1.807, 2.05) is 18.2 Å². The molecule has 1 aliphatic carbocycles. The highest BCUT2D eigenvalue weighted by molar-refractivity contribution is 6.17. The van der Waals surface area contributed by atoms with Crippen molar-refractivity contribution in [1.29, 1.82) is 0 Å². The van der Waals surface area contributed by atoms with Gasteiger partial charge >= 0.3 is 0 Å². The summed E-state index contributed by atoms with van der Waals surface area (Å²) < 4.78 is 0. The predicted molar refractivity (Wildman–Crippen MR) is 69.5 cm³/mol. The minimum Gasteiger partial charge on any atom is -0.383 e. The van der Waals surface area contributed by atoms with Crippen LogP contribution in [-0.4, -0.2) is 18.4 Å². The second-order valence-corrected chi connectivity index (χ2v) is 4.95. The van der Waals surface area contributed by atoms with Crippen molar-refractivity contribution in [2.24, 2.45) is 5.92 Å². The first-order valence-corrected chi connectivity index (χ1v) is 6.39. The Hall–Kier alpha value is -1.84. The lowest BCUT2D eigenvalue weighted by Crippen LogP contribution is -2.36.